The fourth-order valence-electron chi connectivity index (χ4n) is 3.61. The topological polar surface area (TPSA) is 0 Å². The summed E-state index contributed by atoms with van der Waals surface area (Å²) < 4.78 is 0. The van der Waals surface area contributed by atoms with E-state index in [1.165, 1.54) is 33.0 Å². The van der Waals surface area contributed by atoms with Crippen molar-refractivity contribution in [3.8, 4) is 11.1 Å². The molecule has 0 saturated carbocycles. The summed E-state index contributed by atoms with van der Waals surface area (Å²) in [5, 5.41) is 3.48. The molecule has 98 valence electrons. The molecule has 0 nitrogen and oxygen atoms in total. The summed E-state index contributed by atoms with van der Waals surface area (Å²) in [4.78, 5) is 0. The first-order valence-corrected chi connectivity index (χ1v) is 7.30. The highest BCUT2D eigenvalue weighted by Crippen LogP contribution is 2.53. The van der Waals surface area contributed by atoms with Gasteiger partial charge >= 0.3 is 0 Å². The van der Waals surface area contributed by atoms with Crippen molar-refractivity contribution in [2.75, 3.05) is 0 Å². The van der Waals surface area contributed by atoms with Crippen LogP contribution in [0.25, 0.3) is 21.9 Å². The second-order valence-electron chi connectivity index (χ2n) is 6.00. The Morgan fingerprint density at radius 3 is 2.50 bits per heavy atom. The molecule has 1 aliphatic rings. The summed E-state index contributed by atoms with van der Waals surface area (Å²) in [6.45, 7) is 4.58. The van der Waals surface area contributed by atoms with Gasteiger partial charge in [-0.05, 0) is 33.5 Å². The van der Waals surface area contributed by atoms with Gasteiger partial charge in [-0.2, -0.15) is 0 Å². The van der Waals surface area contributed by atoms with Crippen LogP contribution in [0, 0.1) is 0 Å². The van der Waals surface area contributed by atoms with E-state index in [1.807, 2.05) is 6.07 Å². The van der Waals surface area contributed by atoms with Gasteiger partial charge in [0, 0.05) is 16.0 Å². The predicted molar refractivity (Wildman–Crippen MR) is 86.5 cm³/mol. The minimum absolute atomic E-state index is 0.00354. The highest BCUT2D eigenvalue weighted by Gasteiger charge is 2.37. The second-order valence-corrected chi connectivity index (χ2v) is 6.40. The molecule has 0 aliphatic heterocycles. The van der Waals surface area contributed by atoms with Crippen molar-refractivity contribution in [1.82, 2.24) is 0 Å². The molecule has 3 aromatic rings. The first kappa shape index (κ1) is 12.0. The van der Waals surface area contributed by atoms with Crippen molar-refractivity contribution in [1.29, 1.82) is 0 Å². The summed E-state index contributed by atoms with van der Waals surface area (Å²) in [5.41, 5.74) is 5.22. The molecule has 0 saturated heterocycles. The van der Waals surface area contributed by atoms with Crippen LogP contribution in [0.2, 0.25) is 5.02 Å². The number of benzene rings is 3. The van der Waals surface area contributed by atoms with Gasteiger partial charge in [0.2, 0.25) is 0 Å². The van der Waals surface area contributed by atoms with E-state index in [0.29, 0.717) is 0 Å². The highest BCUT2D eigenvalue weighted by atomic mass is 35.5. The molecule has 0 N–H and O–H groups in total. The molecule has 0 heterocycles. The minimum atomic E-state index is -0.00354. The van der Waals surface area contributed by atoms with E-state index in [-0.39, 0.29) is 5.41 Å². The number of hydrogen-bond acceptors (Lipinski definition) is 0. The molecule has 0 bridgehead atoms. The van der Waals surface area contributed by atoms with Gasteiger partial charge in [0.05, 0.1) is 0 Å². The second kappa shape index (κ2) is 3.86. The fourth-order valence-corrected chi connectivity index (χ4v) is 3.88. The van der Waals surface area contributed by atoms with Gasteiger partial charge in [-0.1, -0.05) is 74.0 Å². The third kappa shape index (κ3) is 1.38. The smallest absolute Gasteiger partial charge is 0.0487 e. The van der Waals surface area contributed by atoms with Gasteiger partial charge < -0.3 is 0 Å². The van der Waals surface area contributed by atoms with Crippen molar-refractivity contribution < 1.29 is 0 Å². The Morgan fingerprint density at radius 1 is 0.850 bits per heavy atom. The molecule has 1 heteroatoms. The maximum atomic E-state index is 6.48. The van der Waals surface area contributed by atoms with E-state index in [1.54, 1.807) is 0 Å². The van der Waals surface area contributed by atoms with E-state index >= 15 is 0 Å². The van der Waals surface area contributed by atoms with Crippen molar-refractivity contribution in [3.63, 3.8) is 0 Å². The standard InChI is InChI=1S/C19H15Cl/c1-19(2)15-8-5-9-16(20)17(15)14-11-10-12-6-3-4-7-13(12)18(14)19/h3-11H,1-2H3. The first-order valence-electron chi connectivity index (χ1n) is 6.92. The van der Waals surface area contributed by atoms with Crippen LogP contribution in [0.1, 0.15) is 25.0 Å². The highest BCUT2D eigenvalue weighted by molar-refractivity contribution is 6.34. The van der Waals surface area contributed by atoms with Crippen molar-refractivity contribution in [2.24, 2.45) is 0 Å². The Balaban J connectivity index is 2.22. The van der Waals surface area contributed by atoms with E-state index in [9.17, 15) is 0 Å². The molecular formula is C19H15Cl. The van der Waals surface area contributed by atoms with Crippen LogP contribution in [0.4, 0.5) is 0 Å². The molecule has 4 rings (SSSR count). The molecule has 1 aliphatic carbocycles. The SMILES string of the molecule is CC1(C)c2cccc(Cl)c2-c2ccc3ccccc3c21. The van der Waals surface area contributed by atoms with E-state index in [0.717, 1.165) is 5.02 Å². The Hall–Kier alpha value is -1.79. The maximum absolute atomic E-state index is 6.48. The number of halogens is 1. The van der Waals surface area contributed by atoms with E-state index in [2.05, 4.69) is 62.4 Å². The molecule has 0 unspecified atom stereocenters. The zero-order valence-corrected chi connectivity index (χ0v) is 12.3. The van der Waals surface area contributed by atoms with E-state index < -0.39 is 0 Å². The van der Waals surface area contributed by atoms with Crippen LogP contribution in [-0.2, 0) is 5.41 Å². The van der Waals surface area contributed by atoms with Crippen molar-refractivity contribution >= 4 is 22.4 Å². The molecule has 0 amide bonds. The first-order chi connectivity index (χ1) is 9.60. The fraction of sp³-hybridized carbons (Fsp3) is 0.158. The monoisotopic (exact) mass is 278 g/mol. The molecule has 0 fully saturated rings. The predicted octanol–water partition coefficient (Wildman–Crippen LogP) is 5.80. The summed E-state index contributed by atoms with van der Waals surface area (Å²) in [6, 6.07) is 19.3. The Morgan fingerprint density at radius 2 is 1.65 bits per heavy atom. The lowest BCUT2D eigenvalue weighted by molar-refractivity contribution is 0.666. The summed E-state index contributed by atoms with van der Waals surface area (Å²) >= 11 is 6.48. The lowest BCUT2D eigenvalue weighted by Gasteiger charge is -2.23. The minimum Gasteiger partial charge on any atom is -0.0837 e. The summed E-state index contributed by atoms with van der Waals surface area (Å²) in [5.74, 6) is 0. The average Bonchev–Trinajstić information content (AvgIpc) is 2.69. The quantitative estimate of drug-likeness (QED) is 0.487. The van der Waals surface area contributed by atoms with Gasteiger partial charge in [-0.25, -0.2) is 0 Å². The van der Waals surface area contributed by atoms with Gasteiger partial charge in [0.25, 0.3) is 0 Å². The van der Waals surface area contributed by atoms with E-state index in [4.69, 9.17) is 11.6 Å². The Kier molecular flexibility index (Phi) is 2.32. The number of fused-ring (bicyclic) bond motifs is 5. The van der Waals surface area contributed by atoms with Crippen LogP contribution in [0.3, 0.4) is 0 Å². The average molecular weight is 279 g/mol. The molecular weight excluding hydrogens is 264 g/mol. The molecule has 0 radical (unpaired) electrons. The Labute approximate surface area is 124 Å². The third-order valence-electron chi connectivity index (χ3n) is 4.51. The molecule has 20 heavy (non-hydrogen) atoms. The van der Waals surface area contributed by atoms with Gasteiger partial charge in [0.15, 0.2) is 0 Å². The third-order valence-corrected chi connectivity index (χ3v) is 4.83. The Bertz CT molecular complexity index is 844. The normalized spacial score (nSPS) is 15.2. The van der Waals surface area contributed by atoms with Crippen molar-refractivity contribution in [3.05, 3.63) is 70.7 Å². The zero-order chi connectivity index (χ0) is 13.9. The van der Waals surface area contributed by atoms with Crippen LogP contribution in [0.15, 0.2) is 54.6 Å². The molecule has 0 atom stereocenters. The largest absolute Gasteiger partial charge is 0.0837 e. The van der Waals surface area contributed by atoms with Crippen LogP contribution in [-0.4, -0.2) is 0 Å². The maximum Gasteiger partial charge on any atom is 0.0487 e. The van der Waals surface area contributed by atoms with Gasteiger partial charge in [-0.15, -0.1) is 0 Å². The summed E-state index contributed by atoms with van der Waals surface area (Å²) in [6.07, 6.45) is 0. The lowest BCUT2D eigenvalue weighted by atomic mass is 9.80. The summed E-state index contributed by atoms with van der Waals surface area (Å²) in [7, 11) is 0. The lowest BCUT2D eigenvalue weighted by Crippen LogP contribution is -2.15. The number of rotatable bonds is 0. The van der Waals surface area contributed by atoms with Gasteiger partial charge in [-0.3, -0.25) is 0 Å². The van der Waals surface area contributed by atoms with Crippen LogP contribution in [0.5, 0.6) is 0 Å². The number of hydrogen-bond donors (Lipinski definition) is 0. The van der Waals surface area contributed by atoms with Crippen molar-refractivity contribution in [2.45, 2.75) is 19.3 Å². The van der Waals surface area contributed by atoms with Crippen LogP contribution < -0.4 is 0 Å². The molecule has 3 aromatic carbocycles. The van der Waals surface area contributed by atoms with Gasteiger partial charge in [0.1, 0.15) is 0 Å². The molecule has 0 spiro atoms. The zero-order valence-electron chi connectivity index (χ0n) is 11.6. The molecule has 0 aromatic heterocycles. The van der Waals surface area contributed by atoms with Crippen LogP contribution >= 0.6 is 11.6 Å².